The molecule has 0 bridgehead atoms. The second-order valence-electron chi connectivity index (χ2n) is 7.50. The number of anilines is 1. The van der Waals surface area contributed by atoms with Crippen LogP contribution in [-0.4, -0.2) is 59.5 Å². The number of nitrogens with two attached hydrogens (primary N) is 1. The van der Waals surface area contributed by atoms with Gasteiger partial charge in [-0.3, -0.25) is 28.8 Å². The maximum atomic E-state index is 13.0. The summed E-state index contributed by atoms with van der Waals surface area (Å²) in [5.74, 6) is -0.764. The number of rotatable bonds is 10. The second-order valence-corrected chi connectivity index (χ2v) is 7.50. The molecule has 0 aliphatic heterocycles. The van der Waals surface area contributed by atoms with Crippen LogP contribution in [0.2, 0.25) is 0 Å². The number of hydrogen-bond donors (Lipinski definition) is 3. The van der Waals surface area contributed by atoms with Gasteiger partial charge in [-0.15, -0.1) is 0 Å². The molecule has 10 nitrogen and oxygen atoms in total. The topological polar surface area (TPSA) is 140 Å². The largest absolute Gasteiger partial charge is 0.384 e. The molecule has 1 aliphatic carbocycles. The monoisotopic (exact) mass is 429 g/mol. The Kier molecular flexibility index (Phi) is 7.03. The van der Waals surface area contributed by atoms with Crippen molar-refractivity contribution in [3.05, 3.63) is 61.8 Å². The number of H-pyrrole nitrogens is 1. The first-order chi connectivity index (χ1) is 14.8. The Morgan fingerprint density at radius 1 is 1.26 bits per heavy atom. The lowest BCUT2D eigenvalue weighted by Gasteiger charge is -2.22. The SMILES string of the molecule is CNC(=O)c1ccc(CN(CC(=O)c2c(N)n(CCOC)c(=O)[nH]c2=O)C2CC2)cc1. The fourth-order valence-corrected chi connectivity index (χ4v) is 3.42. The number of hydrogen-bond acceptors (Lipinski definition) is 7. The van der Waals surface area contributed by atoms with Crippen molar-refractivity contribution in [3.63, 3.8) is 0 Å². The third-order valence-corrected chi connectivity index (χ3v) is 5.28. The smallest absolute Gasteiger partial charge is 0.330 e. The average molecular weight is 429 g/mol. The van der Waals surface area contributed by atoms with Gasteiger partial charge in [-0.1, -0.05) is 12.1 Å². The third kappa shape index (κ3) is 5.28. The summed E-state index contributed by atoms with van der Waals surface area (Å²) in [6.07, 6.45) is 1.92. The van der Waals surface area contributed by atoms with Crippen LogP contribution in [-0.2, 0) is 17.8 Å². The van der Waals surface area contributed by atoms with Crippen molar-refractivity contribution in [2.45, 2.75) is 32.0 Å². The zero-order chi connectivity index (χ0) is 22.5. The van der Waals surface area contributed by atoms with Gasteiger partial charge >= 0.3 is 5.69 Å². The van der Waals surface area contributed by atoms with Gasteiger partial charge in [0.05, 0.1) is 19.7 Å². The number of carbonyl (C=O) groups excluding carboxylic acids is 2. The second kappa shape index (κ2) is 9.71. The van der Waals surface area contributed by atoms with E-state index in [-0.39, 0.29) is 43.0 Å². The first kappa shape index (κ1) is 22.4. The quantitative estimate of drug-likeness (QED) is 0.451. The lowest BCUT2D eigenvalue weighted by atomic mass is 10.1. The summed E-state index contributed by atoms with van der Waals surface area (Å²) in [5.41, 5.74) is 5.84. The number of methoxy groups -OCH3 is 1. The predicted octanol–water partition coefficient (Wildman–Crippen LogP) is -0.0279. The average Bonchev–Trinajstić information content (AvgIpc) is 3.58. The van der Waals surface area contributed by atoms with Gasteiger partial charge in [-0.05, 0) is 30.5 Å². The van der Waals surface area contributed by atoms with Crippen LogP contribution in [0, 0.1) is 0 Å². The Labute approximate surface area is 179 Å². The molecule has 0 atom stereocenters. The van der Waals surface area contributed by atoms with Crippen LogP contribution in [0.25, 0.3) is 0 Å². The van der Waals surface area contributed by atoms with E-state index in [0.29, 0.717) is 12.1 Å². The molecule has 31 heavy (non-hydrogen) atoms. The van der Waals surface area contributed by atoms with E-state index in [1.54, 1.807) is 19.2 Å². The molecule has 0 radical (unpaired) electrons. The van der Waals surface area contributed by atoms with Crippen molar-refractivity contribution in [3.8, 4) is 0 Å². The zero-order valence-corrected chi connectivity index (χ0v) is 17.6. The summed E-state index contributed by atoms with van der Waals surface area (Å²) in [7, 11) is 3.05. The van der Waals surface area contributed by atoms with Crippen LogP contribution in [0.3, 0.4) is 0 Å². The number of ketones is 1. The lowest BCUT2D eigenvalue weighted by molar-refractivity contribution is 0.0916. The summed E-state index contributed by atoms with van der Waals surface area (Å²) in [4.78, 5) is 53.2. The van der Waals surface area contributed by atoms with E-state index in [4.69, 9.17) is 10.5 Å². The Bertz CT molecular complexity index is 1070. The van der Waals surface area contributed by atoms with E-state index in [1.165, 1.54) is 7.11 Å². The van der Waals surface area contributed by atoms with Crippen molar-refractivity contribution in [1.82, 2.24) is 19.8 Å². The minimum Gasteiger partial charge on any atom is -0.384 e. The van der Waals surface area contributed by atoms with Crippen molar-refractivity contribution < 1.29 is 14.3 Å². The number of nitrogens with one attached hydrogen (secondary N) is 2. The number of aromatic amines is 1. The fourth-order valence-electron chi connectivity index (χ4n) is 3.42. The Morgan fingerprint density at radius 2 is 1.94 bits per heavy atom. The Balaban J connectivity index is 1.79. The predicted molar refractivity (Wildman–Crippen MR) is 115 cm³/mol. The molecule has 2 aromatic rings. The minimum atomic E-state index is -0.785. The Hall–Kier alpha value is -3.24. The van der Waals surface area contributed by atoms with E-state index < -0.39 is 17.0 Å². The number of nitrogens with zero attached hydrogens (tertiary/aromatic N) is 2. The molecule has 1 heterocycles. The summed E-state index contributed by atoms with van der Waals surface area (Å²) < 4.78 is 6.10. The van der Waals surface area contributed by atoms with E-state index in [9.17, 15) is 19.2 Å². The standard InChI is InChI=1S/C21H27N5O5/c1-23-19(28)14-5-3-13(4-6-14)11-25(15-7-8-15)12-16(27)17-18(22)26(9-10-31-2)21(30)24-20(17)29/h3-6,15H,7-12,22H2,1-2H3,(H,23,28)(H,24,29,30). The van der Waals surface area contributed by atoms with E-state index in [1.807, 2.05) is 17.0 Å². The summed E-state index contributed by atoms with van der Waals surface area (Å²) >= 11 is 0. The summed E-state index contributed by atoms with van der Waals surface area (Å²) in [5, 5.41) is 2.58. The number of nitrogen functional groups attached to an aromatic ring is 1. The van der Waals surface area contributed by atoms with E-state index in [2.05, 4.69) is 10.3 Å². The molecule has 0 unspecified atom stereocenters. The molecule has 3 rings (SSSR count). The lowest BCUT2D eigenvalue weighted by Crippen LogP contribution is -2.40. The molecule has 166 valence electrons. The first-order valence-corrected chi connectivity index (χ1v) is 10.1. The molecule has 0 spiro atoms. The number of Topliss-reactive ketones (excluding diaryl/α,β-unsaturated/α-hetero) is 1. The Morgan fingerprint density at radius 3 is 2.52 bits per heavy atom. The highest BCUT2D eigenvalue weighted by atomic mass is 16.5. The molecular formula is C21H27N5O5. The van der Waals surface area contributed by atoms with Crippen LogP contribution in [0.4, 0.5) is 5.82 Å². The molecule has 10 heteroatoms. The number of aromatic nitrogens is 2. The number of ether oxygens (including phenoxy) is 1. The molecule has 1 aromatic carbocycles. The maximum Gasteiger partial charge on any atom is 0.330 e. The van der Waals surface area contributed by atoms with Crippen molar-refractivity contribution in [2.75, 3.05) is 33.0 Å². The van der Waals surface area contributed by atoms with Gasteiger partial charge in [0.25, 0.3) is 11.5 Å². The molecule has 0 saturated heterocycles. The number of carbonyl (C=O) groups is 2. The highest BCUT2D eigenvalue weighted by Crippen LogP contribution is 2.28. The van der Waals surface area contributed by atoms with Crippen LogP contribution < -0.4 is 22.3 Å². The van der Waals surface area contributed by atoms with Gasteiger partial charge in [0.15, 0.2) is 5.78 Å². The van der Waals surface area contributed by atoms with Crippen molar-refractivity contribution >= 4 is 17.5 Å². The van der Waals surface area contributed by atoms with Crippen LogP contribution in [0.1, 0.15) is 39.1 Å². The molecular weight excluding hydrogens is 402 g/mol. The van der Waals surface area contributed by atoms with Crippen LogP contribution in [0.5, 0.6) is 0 Å². The van der Waals surface area contributed by atoms with Gasteiger partial charge in [0.1, 0.15) is 11.4 Å². The number of amides is 1. The summed E-state index contributed by atoms with van der Waals surface area (Å²) in [6.45, 7) is 0.829. The van der Waals surface area contributed by atoms with E-state index in [0.717, 1.165) is 23.0 Å². The van der Waals surface area contributed by atoms with Crippen molar-refractivity contribution in [2.24, 2.45) is 0 Å². The van der Waals surface area contributed by atoms with Gasteiger partial charge in [0, 0.05) is 32.3 Å². The molecule has 1 amide bonds. The van der Waals surface area contributed by atoms with Gasteiger partial charge < -0.3 is 15.8 Å². The van der Waals surface area contributed by atoms with E-state index >= 15 is 0 Å². The van der Waals surface area contributed by atoms with Gasteiger partial charge in [0.2, 0.25) is 0 Å². The zero-order valence-electron chi connectivity index (χ0n) is 17.6. The number of benzene rings is 1. The summed E-state index contributed by atoms with van der Waals surface area (Å²) in [6, 6.07) is 7.39. The maximum absolute atomic E-state index is 13.0. The highest BCUT2D eigenvalue weighted by Gasteiger charge is 2.32. The molecule has 1 aromatic heterocycles. The van der Waals surface area contributed by atoms with Crippen LogP contribution >= 0.6 is 0 Å². The first-order valence-electron chi connectivity index (χ1n) is 10.1. The molecule has 1 aliphatic rings. The normalized spacial score (nSPS) is 13.4. The molecule has 4 N–H and O–H groups in total. The molecule has 1 saturated carbocycles. The van der Waals surface area contributed by atoms with Crippen LogP contribution in [0.15, 0.2) is 33.9 Å². The fraction of sp³-hybridized carbons (Fsp3) is 0.429. The third-order valence-electron chi connectivity index (χ3n) is 5.28. The van der Waals surface area contributed by atoms with Gasteiger partial charge in [-0.25, -0.2) is 4.79 Å². The highest BCUT2D eigenvalue weighted by molar-refractivity contribution is 6.01. The molecule has 1 fully saturated rings. The minimum absolute atomic E-state index is 0.00236. The van der Waals surface area contributed by atoms with Gasteiger partial charge in [-0.2, -0.15) is 0 Å². The van der Waals surface area contributed by atoms with Crippen molar-refractivity contribution in [1.29, 1.82) is 0 Å².